The Hall–Kier alpha value is -1.01. The van der Waals surface area contributed by atoms with Gasteiger partial charge in [0.2, 0.25) is 0 Å². The third-order valence-corrected chi connectivity index (χ3v) is 6.32. The molecule has 0 saturated heterocycles. The van der Waals surface area contributed by atoms with Crippen LogP contribution >= 0.6 is 11.8 Å². The van der Waals surface area contributed by atoms with Crippen LogP contribution in [-0.4, -0.2) is 31.6 Å². The number of thioether (sulfide) groups is 1. The van der Waals surface area contributed by atoms with Crippen LogP contribution in [0.25, 0.3) is 0 Å². The number of sulfone groups is 1. The number of nitrogens with zero attached hydrogens (tertiary/aromatic N) is 1. The van der Waals surface area contributed by atoms with Gasteiger partial charge in [-0.1, -0.05) is 24.6 Å². The number of hydrogen-bond donors (Lipinski definition) is 1. The number of amidine groups is 1. The lowest BCUT2D eigenvalue weighted by Gasteiger charge is -2.32. The molecule has 1 N–H and O–H groups in total. The van der Waals surface area contributed by atoms with E-state index in [1.165, 1.54) is 31.9 Å². The molecule has 1 aromatic rings. The fraction of sp³-hybridized carbons (Fsp3) is 0.533. The molecule has 2 unspecified atom stereocenters. The van der Waals surface area contributed by atoms with Crippen molar-refractivity contribution in [3.63, 3.8) is 0 Å². The average molecular weight is 324 g/mol. The predicted molar refractivity (Wildman–Crippen MR) is 88.8 cm³/mol. The van der Waals surface area contributed by atoms with Crippen molar-refractivity contribution in [3.05, 3.63) is 24.3 Å². The number of fused-ring (bicyclic) bond motifs is 1. The zero-order valence-corrected chi connectivity index (χ0v) is 13.7. The Morgan fingerprint density at radius 1 is 1.19 bits per heavy atom. The Kier molecular flexibility index (Phi) is 4.26. The van der Waals surface area contributed by atoms with Gasteiger partial charge in [0.1, 0.15) is 0 Å². The van der Waals surface area contributed by atoms with Crippen LogP contribution in [0, 0.1) is 5.92 Å². The van der Waals surface area contributed by atoms with Crippen molar-refractivity contribution in [2.24, 2.45) is 10.9 Å². The topological polar surface area (TPSA) is 58.5 Å². The summed E-state index contributed by atoms with van der Waals surface area (Å²) in [6.45, 7) is 0. The first kappa shape index (κ1) is 14.9. The van der Waals surface area contributed by atoms with Crippen molar-refractivity contribution >= 4 is 32.5 Å². The fourth-order valence-electron chi connectivity index (χ4n) is 2.90. The lowest BCUT2D eigenvalue weighted by Crippen LogP contribution is -2.31. The minimum Gasteiger partial charge on any atom is -0.335 e. The summed E-state index contributed by atoms with van der Waals surface area (Å²) < 4.78 is 22.9. The Morgan fingerprint density at radius 2 is 1.90 bits per heavy atom. The highest BCUT2D eigenvalue weighted by atomic mass is 32.2. The zero-order chi connectivity index (χ0) is 14.9. The van der Waals surface area contributed by atoms with E-state index in [-0.39, 0.29) is 0 Å². The van der Waals surface area contributed by atoms with Gasteiger partial charge in [-0.2, -0.15) is 0 Å². The highest BCUT2D eigenvalue weighted by Crippen LogP contribution is 2.34. The van der Waals surface area contributed by atoms with E-state index in [1.807, 2.05) is 0 Å². The first-order valence-corrected chi connectivity index (χ1v) is 10.2. The maximum atomic E-state index is 11.4. The quantitative estimate of drug-likeness (QED) is 0.908. The SMILES string of the molecule is CS(=O)(=O)c1ccc(NC2=NC3CCCCC3CS2)cc1. The van der Waals surface area contributed by atoms with E-state index in [0.29, 0.717) is 10.9 Å². The van der Waals surface area contributed by atoms with E-state index in [0.717, 1.165) is 22.5 Å². The first-order chi connectivity index (χ1) is 10.0. The smallest absolute Gasteiger partial charge is 0.175 e. The Bertz CT molecular complexity index is 638. The normalized spacial score (nSPS) is 25.9. The summed E-state index contributed by atoms with van der Waals surface area (Å²) in [5.41, 5.74) is 0.892. The van der Waals surface area contributed by atoms with Crippen LogP contribution in [0.3, 0.4) is 0 Å². The molecule has 0 spiro atoms. The molecular weight excluding hydrogens is 304 g/mol. The Labute approximate surface area is 130 Å². The lowest BCUT2D eigenvalue weighted by molar-refractivity contribution is 0.336. The number of aliphatic imine (C=N–C) groups is 1. The number of anilines is 1. The molecule has 1 heterocycles. The summed E-state index contributed by atoms with van der Waals surface area (Å²) in [6.07, 6.45) is 6.35. The molecule has 1 saturated carbocycles. The molecule has 1 fully saturated rings. The van der Waals surface area contributed by atoms with Crippen molar-refractivity contribution < 1.29 is 8.42 Å². The summed E-state index contributed by atoms with van der Waals surface area (Å²) in [4.78, 5) is 5.17. The highest BCUT2D eigenvalue weighted by molar-refractivity contribution is 8.14. The summed E-state index contributed by atoms with van der Waals surface area (Å²) in [7, 11) is -3.13. The molecule has 4 nitrogen and oxygen atoms in total. The van der Waals surface area contributed by atoms with Crippen molar-refractivity contribution in [3.8, 4) is 0 Å². The number of benzene rings is 1. The number of rotatable bonds is 2. The molecule has 0 amide bonds. The van der Waals surface area contributed by atoms with Crippen molar-refractivity contribution in [1.29, 1.82) is 0 Å². The summed E-state index contributed by atoms with van der Waals surface area (Å²) >= 11 is 1.77. The highest BCUT2D eigenvalue weighted by Gasteiger charge is 2.29. The van der Waals surface area contributed by atoms with Gasteiger partial charge >= 0.3 is 0 Å². The Morgan fingerprint density at radius 3 is 2.62 bits per heavy atom. The third kappa shape index (κ3) is 3.61. The predicted octanol–water partition coefficient (Wildman–Crippen LogP) is 3.16. The van der Waals surface area contributed by atoms with E-state index in [4.69, 9.17) is 4.99 Å². The van der Waals surface area contributed by atoms with Crippen LogP contribution in [-0.2, 0) is 9.84 Å². The molecular formula is C15H20N2O2S2. The van der Waals surface area contributed by atoms with Crippen LogP contribution in [0.15, 0.2) is 34.2 Å². The van der Waals surface area contributed by atoms with Crippen molar-refractivity contribution in [2.45, 2.75) is 36.6 Å². The molecule has 0 radical (unpaired) electrons. The first-order valence-electron chi connectivity index (χ1n) is 7.30. The molecule has 1 aromatic carbocycles. The zero-order valence-electron chi connectivity index (χ0n) is 12.1. The van der Waals surface area contributed by atoms with Gasteiger partial charge in [-0.05, 0) is 43.0 Å². The van der Waals surface area contributed by atoms with Crippen molar-refractivity contribution in [2.75, 3.05) is 17.3 Å². The summed E-state index contributed by atoms with van der Waals surface area (Å²) in [5.74, 6) is 1.87. The van der Waals surface area contributed by atoms with E-state index < -0.39 is 9.84 Å². The minimum atomic E-state index is -3.13. The number of nitrogens with one attached hydrogen (secondary N) is 1. The van der Waals surface area contributed by atoms with Gasteiger partial charge in [-0.15, -0.1) is 0 Å². The molecule has 1 aliphatic carbocycles. The lowest BCUT2D eigenvalue weighted by atomic mass is 9.86. The van der Waals surface area contributed by atoms with Gasteiger partial charge in [0.25, 0.3) is 0 Å². The Balaban J connectivity index is 1.70. The van der Waals surface area contributed by atoms with Crippen LogP contribution in [0.5, 0.6) is 0 Å². The molecule has 6 heteroatoms. The second-order valence-electron chi connectivity index (χ2n) is 5.78. The summed E-state index contributed by atoms with van der Waals surface area (Å²) in [5, 5.41) is 4.27. The van der Waals surface area contributed by atoms with Gasteiger partial charge in [-0.25, -0.2) is 8.42 Å². The van der Waals surface area contributed by atoms with Crippen molar-refractivity contribution in [1.82, 2.24) is 0 Å². The molecule has 21 heavy (non-hydrogen) atoms. The van der Waals surface area contributed by atoms with Gasteiger partial charge < -0.3 is 5.32 Å². The average Bonchev–Trinajstić information content (AvgIpc) is 2.47. The second kappa shape index (κ2) is 6.01. The van der Waals surface area contributed by atoms with Gasteiger partial charge in [0.15, 0.2) is 15.0 Å². The van der Waals surface area contributed by atoms with E-state index in [1.54, 1.807) is 36.0 Å². The maximum absolute atomic E-state index is 11.4. The monoisotopic (exact) mass is 324 g/mol. The van der Waals surface area contributed by atoms with Gasteiger partial charge in [0.05, 0.1) is 10.9 Å². The minimum absolute atomic E-state index is 0.346. The summed E-state index contributed by atoms with van der Waals surface area (Å²) in [6, 6.07) is 7.33. The molecule has 2 atom stereocenters. The second-order valence-corrected chi connectivity index (χ2v) is 8.80. The fourth-order valence-corrected chi connectivity index (χ4v) is 4.69. The van der Waals surface area contributed by atoms with Crippen LogP contribution < -0.4 is 5.32 Å². The van der Waals surface area contributed by atoms with Crippen LogP contribution in [0.2, 0.25) is 0 Å². The molecule has 3 rings (SSSR count). The molecule has 0 bridgehead atoms. The molecule has 114 valence electrons. The largest absolute Gasteiger partial charge is 0.335 e. The van der Waals surface area contributed by atoms with Crippen LogP contribution in [0.4, 0.5) is 5.69 Å². The van der Waals surface area contributed by atoms with E-state index >= 15 is 0 Å². The number of hydrogen-bond acceptors (Lipinski definition) is 5. The molecule has 0 aromatic heterocycles. The van der Waals surface area contributed by atoms with Crippen LogP contribution in [0.1, 0.15) is 25.7 Å². The van der Waals surface area contributed by atoms with Gasteiger partial charge in [-0.3, -0.25) is 4.99 Å². The maximum Gasteiger partial charge on any atom is 0.175 e. The third-order valence-electron chi connectivity index (χ3n) is 4.12. The van der Waals surface area contributed by atoms with E-state index in [2.05, 4.69) is 5.32 Å². The standard InChI is InChI=1S/C15H20N2O2S2/c1-21(18,19)13-8-6-12(7-9-13)16-15-17-14-5-3-2-4-11(14)10-20-15/h6-9,11,14H,2-5,10H2,1H3,(H,16,17). The van der Waals surface area contributed by atoms with E-state index in [9.17, 15) is 8.42 Å². The molecule has 1 aliphatic heterocycles. The van der Waals surface area contributed by atoms with Gasteiger partial charge in [0, 0.05) is 17.7 Å². The molecule has 2 aliphatic rings.